The van der Waals surface area contributed by atoms with Crippen molar-refractivity contribution in [3.8, 4) is 0 Å². The van der Waals surface area contributed by atoms with E-state index in [1.165, 1.54) is 19.3 Å². The summed E-state index contributed by atoms with van der Waals surface area (Å²) in [5, 5.41) is 9.20. The Morgan fingerprint density at radius 2 is 1.81 bits per heavy atom. The molecular weight excluding hydrogens is 268 g/mol. The second-order valence-electron chi connectivity index (χ2n) is 6.75. The molecule has 3 atom stereocenters. The maximum Gasteiger partial charge on any atom is 0.320 e. The van der Waals surface area contributed by atoms with Crippen LogP contribution >= 0.6 is 0 Å². The predicted octanol–water partition coefficient (Wildman–Crippen LogP) is 1.96. The van der Waals surface area contributed by atoms with Gasteiger partial charge < -0.3 is 10.0 Å². The van der Waals surface area contributed by atoms with Gasteiger partial charge in [-0.15, -0.1) is 0 Å². The Balaban J connectivity index is 1.96. The van der Waals surface area contributed by atoms with Gasteiger partial charge in [-0.05, 0) is 38.5 Å². The molecular formula is C16H28N2O3. The minimum Gasteiger partial charge on any atom is -0.480 e. The number of nitrogens with zero attached hydrogens (tertiary/aromatic N) is 2. The molecule has 5 nitrogen and oxygen atoms in total. The van der Waals surface area contributed by atoms with Gasteiger partial charge in [-0.3, -0.25) is 14.5 Å². The third-order valence-corrected chi connectivity index (χ3v) is 5.15. The molecule has 3 unspecified atom stereocenters. The first-order valence-electron chi connectivity index (χ1n) is 8.16. The summed E-state index contributed by atoms with van der Waals surface area (Å²) in [5.41, 5.74) is 0. The normalized spacial score (nSPS) is 27.4. The van der Waals surface area contributed by atoms with Crippen LogP contribution in [0.15, 0.2) is 0 Å². The summed E-state index contributed by atoms with van der Waals surface area (Å²) in [6, 6.07) is 0.00305. The van der Waals surface area contributed by atoms with Crippen molar-refractivity contribution in [2.75, 3.05) is 13.6 Å². The van der Waals surface area contributed by atoms with Crippen LogP contribution in [0.5, 0.6) is 0 Å². The largest absolute Gasteiger partial charge is 0.480 e. The quantitative estimate of drug-likeness (QED) is 0.814. The minimum absolute atomic E-state index is 0.0637. The summed E-state index contributed by atoms with van der Waals surface area (Å²) < 4.78 is 0. The average molecular weight is 296 g/mol. The smallest absolute Gasteiger partial charge is 0.320 e. The number of carboxylic acids is 1. The molecule has 0 heterocycles. The molecule has 0 aromatic rings. The summed E-state index contributed by atoms with van der Waals surface area (Å²) in [4.78, 5) is 27.5. The van der Waals surface area contributed by atoms with Gasteiger partial charge in [-0.2, -0.15) is 0 Å². The highest BCUT2D eigenvalue weighted by Crippen LogP contribution is 2.30. The van der Waals surface area contributed by atoms with E-state index < -0.39 is 12.0 Å². The fourth-order valence-electron chi connectivity index (χ4n) is 3.46. The van der Waals surface area contributed by atoms with Gasteiger partial charge in [0.1, 0.15) is 6.04 Å². The van der Waals surface area contributed by atoms with Crippen molar-refractivity contribution in [3.63, 3.8) is 0 Å². The van der Waals surface area contributed by atoms with E-state index in [4.69, 9.17) is 0 Å². The minimum atomic E-state index is -0.844. The van der Waals surface area contributed by atoms with E-state index in [1.54, 1.807) is 6.92 Å². The molecule has 2 aliphatic rings. The second kappa shape index (κ2) is 6.77. The number of hydrogen-bond acceptors (Lipinski definition) is 3. The van der Waals surface area contributed by atoms with Crippen LogP contribution in [-0.4, -0.2) is 58.5 Å². The molecule has 2 saturated carbocycles. The van der Waals surface area contributed by atoms with Crippen molar-refractivity contribution in [2.24, 2.45) is 5.92 Å². The van der Waals surface area contributed by atoms with Crippen molar-refractivity contribution in [3.05, 3.63) is 0 Å². The van der Waals surface area contributed by atoms with E-state index in [-0.39, 0.29) is 18.5 Å². The number of rotatable bonds is 6. The Kier molecular flexibility index (Phi) is 5.25. The molecule has 0 radical (unpaired) electrons. The van der Waals surface area contributed by atoms with Crippen LogP contribution in [0, 0.1) is 5.92 Å². The number of carbonyl (C=O) groups excluding carboxylic acids is 1. The number of likely N-dealkylation sites (N-methyl/N-ethyl adjacent to an activating group) is 1. The van der Waals surface area contributed by atoms with E-state index in [0.717, 1.165) is 19.3 Å². The zero-order valence-electron chi connectivity index (χ0n) is 13.4. The maximum absolute atomic E-state index is 12.5. The van der Waals surface area contributed by atoms with E-state index in [9.17, 15) is 14.7 Å². The first kappa shape index (κ1) is 16.3. The van der Waals surface area contributed by atoms with E-state index >= 15 is 0 Å². The van der Waals surface area contributed by atoms with Gasteiger partial charge in [-0.1, -0.05) is 19.8 Å². The van der Waals surface area contributed by atoms with Crippen LogP contribution < -0.4 is 0 Å². The highest BCUT2D eigenvalue weighted by atomic mass is 16.4. The van der Waals surface area contributed by atoms with Gasteiger partial charge >= 0.3 is 5.97 Å². The molecule has 1 N–H and O–H groups in total. The molecule has 1 amide bonds. The first-order valence-corrected chi connectivity index (χ1v) is 8.16. The van der Waals surface area contributed by atoms with Crippen LogP contribution in [0.25, 0.3) is 0 Å². The fraction of sp³-hybridized carbons (Fsp3) is 0.875. The SMILES string of the molecule is CC1CCCCC1N(C)C(=O)CN(C1CC1)C(C)C(=O)O. The van der Waals surface area contributed by atoms with Crippen molar-refractivity contribution in [1.82, 2.24) is 9.80 Å². The third kappa shape index (κ3) is 3.96. The zero-order chi connectivity index (χ0) is 15.6. The van der Waals surface area contributed by atoms with Crippen LogP contribution in [0.2, 0.25) is 0 Å². The molecule has 2 rings (SSSR count). The summed E-state index contributed by atoms with van der Waals surface area (Å²) in [5.74, 6) is -0.240. The number of hydrogen-bond donors (Lipinski definition) is 1. The molecule has 2 fully saturated rings. The number of carboxylic acid groups (broad SMARTS) is 1. The van der Waals surface area contributed by atoms with E-state index in [2.05, 4.69) is 6.92 Å². The molecule has 0 bridgehead atoms. The van der Waals surface area contributed by atoms with Crippen LogP contribution in [0.1, 0.15) is 52.4 Å². The van der Waals surface area contributed by atoms with Crippen LogP contribution in [0.4, 0.5) is 0 Å². The molecule has 0 aromatic heterocycles. The third-order valence-electron chi connectivity index (χ3n) is 5.15. The van der Waals surface area contributed by atoms with Crippen molar-refractivity contribution in [1.29, 1.82) is 0 Å². The Morgan fingerprint density at radius 3 is 2.33 bits per heavy atom. The summed E-state index contributed by atoms with van der Waals surface area (Å²) in [6.07, 6.45) is 6.71. The summed E-state index contributed by atoms with van der Waals surface area (Å²) >= 11 is 0. The van der Waals surface area contributed by atoms with Crippen molar-refractivity contribution in [2.45, 2.75) is 70.5 Å². The highest BCUT2D eigenvalue weighted by Gasteiger charge is 2.37. The molecule has 0 aromatic carbocycles. The van der Waals surface area contributed by atoms with Crippen LogP contribution in [-0.2, 0) is 9.59 Å². The molecule has 2 aliphatic carbocycles. The van der Waals surface area contributed by atoms with Gasteiger partial charge in [0, 0.05) is 19.1 Å². The topological polar surface area (TPSA) is 60.9 Å². The van der Waals surface area contributed by atoms with Gasteiger partial charge in [-0.25, -0.2) is 0 Å². The molecule has 120 valence electrons. The number of amides is 1. The standard InChI is InChI=1S/C16H28N2O3/c1-11-6-4-5-7-14(11)17(3)15(19)10-18(13-8-9-13)12(2)16(20)21/h11-14H,4-10H2,1-3H3,(H,20,21). The lowest BCUT2D eigenvalue weighted by molar-refractivity contribution is -0.145. The Hall–Kier alpha value is -1.10. The second-order valence-corrected chi connectivity index (χ2v) is 6.75. The van der Waals surface area contributed by atoms with Gasteiger partial charge in [0.05, 0.1) is 6.54 Å². The Bertz CT molecular complexity index is 395. The molecule has 0 spiro atoms. The molecule has 0 saturated heterocycles. The first-order chi connectivity index (χ1) is 9.91. The highest BCUT2D eigenvalue weighted by molar-refractivity contribution is 5.80. The lowest BCUT2D eigenvalue weighted by Gasteiger charge is -2.37. The molecule has 21 heavy (non-hydrogen) atoms. The monoisotopic (exact) mass is 296 g/mol. The van der Waals surface area contributed by atoms with E-state index in [0.29, 0.717) is 12.0 Å². The zero-order valence-corrected chi connectivity index (χ0v) is 13.4. The van der Waals surface area contributed by atoms with Gasteiger partial charge in [0.2, 0.25) is 5.91 Å². The van der Waals surface area contributed by atoms with Crippen molar-refractivity contribution >= 4 is 11.9 Å². The van der Waals surface area contributed by atoms with E-state index in [1.807, 2.05) is 16.8 Å². The Morgan fingerprint density at radius 1 is 1.19 bits per heavy atom. The molecule has 0 aliphatic heterocycles. The molecule has 5 heteroatoms. The summed E-state index contributed by atoms with van der Waals surface area (Å²) in [7, 11) is 1.88. The predicted molar refractivity (Wildman–Crippen MR) is 81.0 cm³/mol. The van der Waals surface area contributed by atoms with Gasteiger partial charge in [0.25, 0.3) is 0 Å². The van der Waals surface area contributed by atoms with Crippen molar-refractivity contribution < 1.29 is 14.7 Å². The van der Waals surface area contributed by atoms with Gasteiger partial charge in [0.15, 0.2) is 0 Å². The Labute approximate surface area is 127 Å². The van der Waals surface area contributed by atoms with Crippen LogP contribution in [0.3, 0.4) is 0 Å². The fourth-order valence-corrected chi connectivity index (χ4v) is 3.46. The lowest BCUT2D eigenvalue weighted by Crippen LogP contribution is -2.50. The number of carbonyl (C=O) groups is 2. The number of aliphatic carboxylic acids is 1. The average Bonchev–Trinajstić information content (AvgIpc) is 3.28. The lowest BCUT2D eigenvalue weighted by atomic mass is 9.85. The maximum atomic E-state index is 12.5. The summed E-state index contributed by atoms with van der Waals surface area (Å²) in [6.45, 7) is 4.13.